The predicted molar refractivity (Wildman–Crippen MR) is 53.7 cm³/mol. The topological polar surface area (TPSA) is 165 Å². The molecule has 1 rings (SSSR count). The van der Waals surface area contributed by atoms with Crippen LogP contribution < -0.4 is 5.73 Å². The lowest BCUT2D eigenvalue weighted by Gasteiger charge is -2.39. The van der Waals surface area contributed by atoms with Crippen LogP contribution in [-0.4, -0.2) is 70.0 Å². The lowest BCUT2D eigenvalue weighted by molar-refractivity contribution is -0.471. The first-order chi connectivity index (χ1) is 8.36. The monoisotopic (exact) mass is 266 g/mol. The van der Waals surface area contributed by atoms with Gasteiger partial charge in [0.05, 0.1) is 12.6 Å². The fraction of sp³-hybridized carbons (Fsp3) is 0.875. The van der Waals surface area contributed by atoms with Crippen LogP contribution in [0.15, 0.2) is 0 Å². The van der Waals surface area contributed by atoms with Crippen LogP contribution >= 0.6 is 0 Å². The molecule has 0 aromatic heterocycles. The van der Waals surface area contributed by atoms with Gasteiger partial charge in [-0.15, -0.1) is 0 Å². The molecule has 1 aliphatic rings. The molecule has 0 radical (unpaired) electrons. The highest BCUT2D eigenvalue weighted by molar-refractivity contribution is 5.70. The molecule has 0 aromatic carbocycles. The second kappa shape index (κ2) is 6.02. The molecule has 0 saturated carbocycles. The SMILES string of the molecule is N[C@H]1C(OC(=O)C[N+](=O)[O-])O[C@H](CO)[C@@H](O)[C@@H]1O. The van der Waals surface area contributed by atoms with E-state index in [2.05, 4.69) is 4.74 Å². The summed E-state index contributed by atoms with van der Waals surface area (Å²) in [4.78, 5) is 20.2. The average Bonchev–Trinajstić information content (AvgIpc) is 2.29. The van der Waals surface area contributed by atoms with Crippen molar-refractivity contribution in [2.45, 2.75) is 30.6 Å². The number of aliphatic hydroxyl groups excluding tert-OH is 3. The molecule has 18 heavy (non-hydrogen) atoms. The molecular formula is C8H14N2O8. The van der Waals surface area contributed by atoms with Crippen LogP contribution in [0.4, 0.5) is 0 Å². The van der Waals surface area contributed by atoms with Gasteiger partial charge >= 0.3 is 5.97 Å². The summed E-state index contributed by atoms with van der Waals surface area (Å²) >= 11 is 0. The molecule has 0 aliphatic carbocycles. The first kappa shape index (κ1) is 14.7. The number of hydrogen-bond acceptors (Lipinski definition) is 9. The van der Waals surface area contributed by atoms with E-state index in [-0.39, 0.29) is 0 Å². The van der Waals surface area contributed by atoms with E-state index in [1.165, 1.54) is 0 Å². The molecule has 1 unspecified atom stereocenters. The largest absolute Gasteiger partial charge is 0.429 e. The number of rotatable bonds is 4. The molecule has 1 heterocycles. The van der Waals surface area contributed by atoms with Gasteiger partial charge < -0.3 is 30.5 Å². The molecule has 1 saturated heterocycles. The number of nitro groups is 1. The van der Waals surface area contributed by atoms with E-state index in [4.69, 9.17) is 15.6 Å². The number of nitrogens with two attached hydrogens (primary N) is 1. The normalized spacial score (nSPS) is 36.1. The Morgan fingerprint density at radius 2 is 2.06 bits per heavy atom. The summed E-state index contributed by atoms with van der Waals surface area (Å²) in [7, 11) is 0. The minimum atomic E-state index is -1.48. The van der Waals surface area contributed by atoms with Crippen LogP contribution in [0.1, 0.15) is 0 Å². The van der Waals surface area contributed by atoms with E-state index in [0.717, 1.165) is 0 Å². The van der Waals surface area contributed by atoms with Gasteiger partial charge in [-0.1, -0.05) is 0 Å². The molecule has 104 valence electrons. The van der Waals surface area contributed by atoms with Gasteiger partial charge in [0.1, 0.15) is 18.3 Å². The number of nitrogens with zero attached hydrogens (tertiary/aromatic N) is 1. The second-order valence-electron chi connectivity index (χ2n) is 3.76. The van der Waals surface area contributed by atoms with Crippen molar-refractivity contribution in [1.82, 2.24) is 0 Å². The molecule has 10 nitrogen and oxygen atoms in total. The van der Waals surface area contributed by atoms with Crippen molar-refractivity contribution < 1.29 is 34.5 Å². The third-order valence-corrected chi connectivity index (χ3v) is 2.43. The zero-order valence-electron chi connectivity index (χ0n) is 9.21. The number of ether oxygens (including phenoxy) is 2. The minimum absolute atomic E-state index is 0.631. The van der Waals surface area contributed by atoms with Gasteiger partial charge in [0, 0.05) is 4.92 Å². The quantitative estimate of drug-likeness (QED) is 0.230. The summed E-state index contributed by atoms with van der Waals surface area (Å²) in [5, 5.41) is 37.9. The van der Waals surface area contributed by atoms with E-state index in [9.17, 15) is 25.1 Å². The van der Waals surface area contributed by atoms with Crippen LogP contribution in [-0.2, 0) is 14.3 Å². The Hall–Kier alpha value is -1.33. The second-order valence-corrected chi connectivity index (χ2v) is 3.76. The van der Waals surface area contributed by atoms with Crippen molar-refractivity contribution in [2.75, 3.05) is 13.2 Å². The Bertz CT molecular complexity index is 322. The Morgan fingerprint density at radius 3 is 2.56 bits per heavy atom. The fourth-order valence-electron chi connectivity index (χ4n) is 1.48. The van der Waals surface area contributed by atoms with Gasteiger partial charge in [0.15, 0.2) is 0 Å². The van der Waals surface area contributed by atoms with Crippen LogP contribution in [0, 0.1) is 10.1 Å². The van der Waals surface area contributed by atoms with Gasteiger partial charge in [0.25, 0.3) is 6.54 Å². The maximum atomic E-state index is 11.0. The third-order valence-electron chi connectivity index (χ3n) is 2.43. The highest BCUT2D eigenvalue weighted by atomic mass is 16.7. The van der Waals surface area contributed by atoms with Crippen LogP contribution in [0.25, 0.3) is 0 Å². The summed E-state index contributed by atoms with van der Waals surface area (Å²) in [6.45, 7) is -1.71. The third kappa shape index (κ3) is 3.34. The lowest BCUT2D eigenvalue weighted by Crippen LogP contribution is -2.62. The summed E-state index contributed by atoms with van der Waals surface area (Å²) in [5.41, 5.74) is 5.45. The molecule has 0 spiro atoms. The smallest absolute Gasteiger partial charge is 0.380 e. The zero-order chi connectivity index (χ0) is 13.9. The summed E-state index contributed by atoms with van der Waals surface area (Å²) in [6, 6.07) is -1.27. The van der Waals surface area contributed by atoms with Gasteiger partial charge in [-0.05, 0) is 0 Å². The molecule has 5 N–H and O–H groups in total. The van der Waals surface area contributed by atoms with Gasteiger partial charge in [-0.25, -0.2) is 4.79 Å². The van der Waals surface area contributed by atoms with Crippen molar-refractivity contribution in [3.63, 3.8) is 0 Å². The molecule has 0 bridgehead atoms. The number of aliphatic hydroxyl groups is 3. The van der Waals surface area contributed by atoms with Crippen molar-refractivity contribution in [3.8, 4) is 0 Å². The number of hydrogen-bond donors (Lipinski definition) is 4. The Labute approximate surface area is 101 Å². The first-order valence-electron chi connectivity index (χ1n) is 5.06. The van der Waals surface area contributed by atoms with Crippen molar-refractivity contribution >= 4 is 5.97 Å². The number of carbonyl (C=O) groups is 1. The molecular weight excluding hydrogens is 252 g/mol. The van der Waals surface area contributed by atoms with E-state index in [1.54, 1.807) is 0 Å². The minimum Gasteiger partial charge on any atom is -0.429 e. The van der Waals surface area contributed by atoms with Crippen molar-refractivity contribution in [3.05, 3.63) is 10.1 Å². The summed E-state index contributed by atoms with van der Waals surface area (Å²) in [6.07, 6.45) is -5.57. The Morgan fingerprint density at radius 1 is 1.44 bits per heavy atom. The molecule has 0 aromatic rings. The van der Waals surface area contributed by atoms with E-state index in [1.807, 2.05) is 0 Å². The van der Waals surface area contributed by atoms with E-state index < -0.39 is 54.7 Å². The van der Waals surface area contributed by atoms with Gasteiger partial charge in [0.2, 0.25) is 6.29 Å². The zero-order valence-corrected chi connectivity index (χ0v) is 9.21. The molecule has 10 heteroatoms. The average molecular weight is 266 g/mol. The Kier molecular flexibility index (Phi) is 4.93. The number of carbonyl (C=O) groups excluding carboxylic acids is 1. The van der Waals surface area contributed by atoms with Crippen molar-refractivity contribution in [2.24, 2.45) is 5.73 Å². The predicted octanol–water partition coefficient (Wildman–Crippen LogP) is -3.43. The highest BCUT2D eigenvalue weighted by Gasteiger charge is 2.44. The van der Waals surface area contributed by atoms with Crippen molar-refractivity contribution in [1.29, 1.82) is 0 Å². The number of esters is 1. The standard InChI is InChI=1S/C8H14N2O8/c9-5-7(14)6(13)3(2-11)17-8(5)18-4(12)1-10(15)16/h3,5-8,11,13-14H,1-2,9H2/t3-,5-,6-,7-,8?/m1/s1. The van der Waals surface area contributed by atoms with Gasteiger partial charge in [-0.3, -0.25) is 10.1 Å². The van der Waals surface area contributed by atoms with E-state index >= 15 is 0 Å². The van der Waals surface area contributed by atoms with Crippen LogP contribution in [0.3, 0.4) is 0 Å². The maximum Gasteiger partial charge on any atom is 0.380 e. The van der Waals surface area contributed by atoms with Crippen LogP contribution in [0.2, 0.25) is 0 Å². The Balaban J connectivity index is 2.64. The fourth-order valence-corrected chi connectivity index (χ4v) is 1.48. The molecule has 5 atom stereocenters. The van der Waals surface area contributed by atoms with Crippen LogP contribution in [0.5, 0.6) is 0 Å². The molecule has 1 aliphatic heterocycles. The summed E-state index contributed by atoms with van der Waals surface area (Å²) in [5.74, 6) is -1.19. The lowest BCUT2D eigenvalue weighted by atomic mass is 9.98. The highest BCUT2D eigenvalue weighted by Crippen LogP contribution is 2.20. The summed E-state index contributed by atoms with van der Waals surface area (Å²) < 4.78 is 9.49. The van der Waals surface area contributed by atoms with E-state index in [0.29, 0.717) is 0 Å². The van der Waals surface area contributed by atoms with Gasteiger partial charge in [-0.2, -0.15) is 0 Å². The molecule has 0 amide bonds. The first-order valence-corrected chi connectivity index (χ1v) is 5.06. The molecule has 1 fully saturated rings. The maximum absolute atomic E-state index is 11.0.